The molecule has 4 rings (SSSR count). The first kappa shape index (κ1) is 19.5. The van der Waals surface area contributed by atoms with Gasteiger partial charge in [-0.2, -0.15) is 0 Å². The lowest BCUT2D eigenvalue weighted by Crippen LogP contribution is -2.47. The summed E-state index contributed by atoms with van der Waals surface area (Å²) in [5.41, 5.74) is 4.49. The fraction of sp³-hybridized carbons (Fsp3) is 0.417. The van der Waals surface area contributed by atoms with Crippen molar-refractivity contribution >= 4 is 12.1 Å². The van der Waals surface area contributed by atoms with Crippen LogP contribution >= 0.6 is 0 Å². The summed E-state index contributed by atoms with van der Waals surface area (Å²) in [4.78, 5) is 23.9. The summed E-state index contributed by atoms with van der Waals surface area (Å²) in [5.74, 6) is -0.907. The van der Waals surface area contributed by atoms with Gasteiger partial charge in [0.1, 0.15) is 6.61 Å². The first-order valence-electron chi connectivity index (χ1n) is 10.3. The molecule has 2 N–H and O–H groups in total. The Labute approximate surface area is 171 Å². The topological polar surface area (TPSA) is 75.6 Å². The van der Waals surface area contributed by atoms with Crippen LogP contribution in [0, 0.1) is 5.41 Å². The van der Waals surface area contributed by atoms with E-state index in [1.54, 1.807) is 0 Å². The van der Waals surface area contributed by atoms with E-state index >= 15 is 0 Å². The lowest BCUT2D eigenvalue weighted by Gasteiger charge is -2.33. The third-order valence-electron chi connectivity index (χ3n) is 6.60. The lowest BCUT2D eigenvalue weighted by molar-refractivity contribution is -0.138. The Morgan fingerprint density at radius 3 is 2.17 bits per heavy atom. The van der Waals surface area contributed by atoms with Crippen molar-refractivity contribution in [3.63, 3.8) is 0 Å². The van der Waals surface area contributed by atoms with Crippen LogP contribution in [-0.2, 0) is 9.53 Å². The molecule has 0 aromatic heterocycles. The summed E-state index contributed by atoms with van der Waals surface area (Å²) in [7, 11) is 0. The molecule has 1 amide bonds. The molecule has 0 aliphatic heterocycles. The Hall–Kier alpha value is -2.82. The Morgan fingerprint density at radius 2 is 1.62 bits per heavy atom. The highest BCUT2D eigenvalue weighted by Gasteiger charge is 2.39. The summed E-state index contributed by atoms with van der Waals surface area (Å²) < 4.78 is 5.61. The van der Waals surface area contributed by atoms with Crippen molar-refractivity contribution in [2.75, 3.05) is 6.61 Å². The molecule has 0 radical (unpaired) electrons. The Bertz CT molecular complexity index is 871. The van der Waals surface area contributed by atoms with E-state index in [4.69, 9.17) is 4.74 Å². The van der Waals surface area contributed by atoms with Gasteiger partial charge in [-0.1, -0.05) is 68.3 Å². The number of hydrogen-bond acceptors (Lipinski definition) is 3. The number of carbonyl (C=O) groups excluding carboxylic acids is 1. The molecule has 5 nitrogen and oxygen atoms in total. The average Bonchev–Trinajstić information content (AvgIpc) is 3.28. The molecule has 1 saturated carbocycles. The molecule has 1 atom stereocenters. The fourth-order valence-electron chi connectivity index (χ4n) is 4.96. The van der Waals surface area contributed by atoms with Gasteiger partial charge in [-0.05, 0) is 40.5 Å². The standard InChI is InChI=1S/C24H27NO4/c1-24(12-6-7-13-24)21(14-22(26)27)25-23(28)29-15-20-18-10-4-2-8-16(18)17-9-3-5-11-19(17)20/h2-5,8-11,20-21H,6-7,12-15H2,1H3,(H,25,28)(H,26,27). The molecular formula is C24H27NO4. The van der Waals surface area contributed by atoms with E-state index in [-0.39, 0.29) is 24.4 Å². The molecule has 1 unspecified atom stereocenters. The normalized spacial score (nSPS) is 18.0. The minimum Gasteiger partial charge on any atom is -0.481 e. The molecule has 29 heavy (non-hydrogen) atoms. The third kappa shape index (κ3) is 3.86. The SMILES string of the molecule is CC1(C(CC(=O)O)NC(=O)OCC2c3ccccc3-c3ccccc32)CCCC1. The second-order valence-corrected chi connectivity index (χ2v) is 8.48. The van der Waals surface area contributed by atoms with Crippen molar-refractivity contribution in [3.05, 3.63) is 59.7 Å². The third-order valence-corrected chi connectivity index (χ3v) is 6.60. The van der Waals surface area contributed by atoms with Gasteiger partial charge in [0, 0.05) is 12.0 Å². The number of benzene rings is 2. The maximum Gasteiger partial charge on any atom is 0.407 e. The molecule has 5 heteroatoms. The van der Waals surface area contributed by atoms with Crippen molar-refractivity contribution < 1.29 is 19.4 Å². The molecule has 0 spiro atoms. The highest BCUT2D eigenvalue weighted by Crippen LogP contribution is 2.45. The van der Waals surface area contributed by atoms with E-state index < -0.39 is 18.1 Å². The number of carboxylic acids is 1. The van der Waals surface area contributed by atoms with Crippen LogP contribution in [0.15, 0.2) is 48.5 Å². The number of carboxylic acid groups (broad SMARTS) is 1. The number of amides is 1. The van der Waals surface area contributed by atoms with E-state index in [1.807, 2.05) is 24.3 Å². The predicted molar refractivity (Wildman–Crippen MR) is 111 cm³/mol. The second kappa shape index (κ2) is 7.90. The van der Waals surface area contributed by atoms with Gasteiger partial charge in [0.25, 0.3) is 0 Å². The Balaban J connectivity index is 1.46. The zero-order valence-corrected chi connectivity index (χ0v) is 16.7. The van der Waals surface area contributed by atoms with Crippen molar-refractivity contribution in [2.45, 2.75) is 51.0 Å². The highest BCUT2D eigenvalue weighted by molar-refractivity contribution is 5.79. The lowest BCUT2D eigenvalue weighted by atomic mass is 9.79. The fourth-order valence-corrected chi connectivity index (χ4v) is 4.96. The van der Waals surface area contributed by atoms with Gasteiger partial charge < -0.3 is 15.2 Å². The van der Waals surface area contributed by atoms with E-state index in [0.717, 1.165) is 36.8 Å². The minimum atomic E-state index is -0.901. The van der Waals surface area contributed by atoms with E-state index in [2.05, 4.69) is 36.5 Å². The van der Waals surface area contributed by atoms with Crippen LogP contribution in [0.2, 0.25) is 0 Å². The number of fused-ring (bicyclic) bond motifs is 3. The number of rotatable bonds is 6. The van der Waals surface area contributed by atoms with Crippen LogP contribution < -0.4 is 5.32 Å². The van der Waals surface area contributed by atoms with Gasteiger partial charge in [-0.15, -0.1) is 0 Å². The van der Waals surface area contributed by atoms with Crippen LogP contribution in [0.25, 0.3) is 11.1 Å². The maximum atomic E-state index is 12.6. The van der Waals surface area contributed by atoms with Crippen molar-refractivity contribution in [2.24, 2.45) is 5.41 Å². The second-order valence-electron chi connectivity index (χ2n) is 8.48. The molecule has 2 aromatic rings. The van der Waals surface area contributed by atoms with Gasteiger partial charge in [0.05, 0.1) is 6.42 Å². The van der Waals surface area contributed by atoms with Crippen LogP contribution in [0.5, 0.6) is 0 Å². The zero-order chi connectivity index (χ0) is 20.4. The monoisotopic (exact) mass is 393 g/mol. The molecule has 1 fully saturated rings. The number of hydrogen-bond donors (Lipinski definition) is 2. The Morgan fingerprint density at radius 1 is 1.07 bits per heavy atom. The molecule has 2 aliphatic rings. The molecule has 2 aliphatic carbocycles. The quantitative estimate of drug-likeness (QED) is 0.728. The minimum absolute atomic E-state index is 0.00635. The zero-order valence-electron chi connectivity index (χ0n) is 16.7. The summed E-state index contributed by atoms with van der Waals surface area (Å²) in [6.07, 6.45) is 3.37. The van der Waals surface area contributed by atoms with E-state index in [9.17, 15) is 14.7 Å². The first-order chi connectivity index (χ1) is 14.0. The van der Waals surface area contributed by atoms with E-state index in [1.165, 1.54) is 11.1 Å². The molecule has 152 valence electrons. The number of aliphatic carboxylic acids is 1. The Kier molecular flexibility index (Phi) is 5.31. The largest absolute Gasteiger partial charge is 0.481 e. The number of nitrogens with one attached hydrogen (secondary N) is 1. The smallest absolute Gasteiger partial charge is 0.407 e. The van der Waals surface area contributed by atoms with Crippen molar-refractivity contribution in [1.82, 2.24) is 5.32 Å². The van der Waals surface area contributed by atoms with Gasteiger partial charge >= 0.3 is 12.1 Å². The highest BCUT2D eigenvalue weighted by atomic mass is 16.5. The first-order valence-corrected chi connectivity index (χ1v) is 10.3. The summed E-state index contributed by atoms with van der Waals surface area (Å²) in [6, 6.07) is 16.0. The van der Waals surface area contributed by atoms with Crippen molar-refractivity contribution in [3.8, 4) is 11.1 Å². The molecular weight excluding hydrogens is 366 g/mol. The van der Waals surface area contributed by atoms with Crippen LogP contribution in [0.4, 0.5) is 4.79 Å². The number of ether oxygens (including phenoxy) is 1. The molecule has 0 saturated heterocycles. The van der Waals surface area contributed by atoms with E-state index in [0.29, 0.717) is 0 Å². The average molecular weight is 393 g/mol. The number of alkyl carbamates (subject to hydrolysis) is 1. The number of carbonyl (C=O) groups is 2. The maximum absolute atomic E-state index is 12.6. The van der Waals surface area contributed by atoms with Gasteiger partial charge in [-0.25, -0.2) is 4.79 Å². The van der Waals surface area contributed by atoms with Gasteiger partial charge in [0.2, 0.25) is 0 Å². The molecule has 2 aromatic carbocycles. The summed E-state index contributed by atoms with van der Waals surface area (Å²) >= 11 is 0. The van der Waals surface area contributed by atoms with Gasteiger partial charge in [-0.3, -0.25) is 4.79 Å². The van der Waals surface area contributed by atoms with Crippen molar-refractivity contribution in [1.29, 1.82) is 0 Å². The molecule has 0 bridgehead atoms. The van der Waals surface area contributed by atoms with Crippen LogP contribution in [0.1, 0.15) is 56.1 Å². The van der Waals surface area contributed by atoms with Crippen LogP contribution in [-0.4, -0.2) is 29.8 Å². The molecule has 0 heterocycles. The summed E-state index contributed by atoms with van der Waals surface area (Å²) in [6.45, 7) is 2.30. The summed E-state index contributed by atoms with van der Waals surface area (Å²) in [5, 5.41) is 12.2. The predicted octanol–water partition coefficient (Wildman–Crippen LogP) is 4.95. The van der Waals surface area contributed by atoms with Crippen LogP contribution in [0.3, 0.4) is 0 Å². The van der Waals surface area contributed by atoms with Gasteiger partial charge in [0.15, 0.2) is 0 Å².